The molecule has 0 bridgehead atoms. The largest absolute Gasteiger partial charge is 0.463 e. The van der Waals surface area contributed by atoms with Gasteiger partial charge in [0.1, 0.15) is 6.10 Å². The summed E-state index contributed by atoms with van der Waals surface area (Å²) in [7, 11) is 0. The van der Waals surface area contributed by atoms with Crippen LogP contribution in [0.15, 0.2) is 35.9 Å². The fourth-order valence-electron chi connectivity index (χ4n) is 1.72. The average molecular weight is 293 g/mol. The molecular formula is C14H15NO6. The molecule has 0 aliphatic rings. The highest BCUT2D eigenvalue weighted by Crippen LogP contribution is 2.26. The van der Waals surface area contributed by atoms with E-state index in [1.54, 1.807) is 13.8 Å². The van der Waals surface area contributed by atoms with E-state index in [1.807, 2.05) is 0 Å². The molecule has 0 N–H and O–H groups in total. The smallest absolute Gasteiger partial charge is 0.330 e. The van der Waals surface area contributed by atoms with E-state index in [9.17, 15) is 19.7 Å². The Morgan fingerprint density at radius 1 is 1.38 bits per heavy atom. The first-order chi connectivity index (χ1) is 9.99. The maximum atomic E-state index is 11.4. The Balaban J connectivity index is 3.02. The lowest BCUT2D eigenvalue weighted by atomic mass is 10.0. The van der Waals surface area contributed by atoms with Crippen LogP contribution in [0.25, 0.3) is 0 Å². The van der Waals surface area contributed by atoms with Crippen LogP contribution < -0.4 is 0 Å². The summed E-state index contributed by atoms with van der Waals surface area (Å²) in [5.41, 5.74) is 0.899. The van der Waals surface area contributed by atoms with Crippen LogP contribution in [-0.4, -0.2) is 24.0 Å². The van der Waals surface area contributed by atoms with E-state index in [4.69, 9.17) is 9.47 Å². The van der Waals surface area contributed by atoms with E-state index in [0.29, 0.717) is 11.1 Å². The van der Waals surface area contributed by atoms with E-state index in [2.05, 4.69) is 0 Å². The lowest BCUT2D eigenvalue weighted by Crippen LogP contribution is -2.08. The van der Waals surface area contributed by atoms with E-state index in [0.717, 1.165) is 0 Å². The number of nitro groups is 1. The first-order valence-corrected chi connectivity index (χ1v) is 6.18. The SMILES string of the molecule is CCOC(=O)C=C(C)C(OC=O)c1ccc([N+](=O)[O-])cc1. The Labute approximate surface area is 121 Å². The van der Waals surface area contributed by atoms with Gasteiger partial charge in [-0.15, -0.1) is 0 Å². The van der Waals surface area contributed by atoms with Crippen LogP contribution in [0.3, 0.4) is 0 Å². The molecule has 1 aromatic rings. The second-order valence-electron chi connectivity index (χ2n) is 4.10. The zero-order chi connectivity index (χ0) is 15.8. The van der Waals surface area contributed by atoms with Gasteiger partial charge in [0.2, 0.25) is 0 Å². The Hall–Kier alpha value is -2.70. The number of non-ortho nitro benzene ring substituents is 1. The molecule has 0 radical (unpaired) electrons. The summed E-state index contributed by atoms with van der Waals surface area (Å²) in [4.78, 5) is 32.1. The van der Waals surface area contributed by atoms with Crippen molar-refractivity contribution in [2.24, 2.45) is 0 Å². The third kappa shape index (κ3) is 4.72. The molecule has 7 heteroatoms. The van der Waals surface area contributed by atoms with Crippen LogP contribution in [0.2, 0.25) is 0 Å². The van der Waals surface area contributed by atoms with E-state index >= 15 is 0 Å². The Morgan fingerprint density at radius 2 is 2.00 bits per heavy atom. The van der Waals surface area contributed by atoms with Crippen LogP contribution in [-0.2, 0) is 19.1 Å². The van der Waals surface area contributed by atoms with E-state index in [-0.39, 0.29) is 18.8 Å². The standard InChI is InChI=1S/C14H15NO6/c1-3-20-13(17)8-10(2)14(21-9-16)11-4-6-12(7-5-11)15(18)19/h4-9,14H,3H2,1-2H3. The summed E-state index contributed by atoms with van der Waals surface area (Å²) in [5.74, 6) is -0.545. The van der Waals surface area contributed by atoms with Gasteiger partial charge in [0.15, 0.2) is 0 Å². The molecule has 112 valence electrons. The highest BCUT2D eigenvalue weighted by atomic mass is 16.6. The lowest BCUT2D eigenvalue weighted by Gasteiger charge is -2.16. The van der Waals surface area contributed by atoms with Gasteiger partial charge in [0.25, 0.3) is 12.2 Å². The molecular weight excluding hydrogens is 278 g/mol. The normalized spacial score (nSPS) is 12.4. The maximum Gasteiger partial charge on any atom is 0.330 e. The second-order valence-corrected chi connectivity index (χ2v) is 4.10. The van der Waals surface area contributed by atoms with Gasteiger partial charge in [-0.3, -0.25) is 14.9 Å². The summed E-state index contributed by atoms with van der Waals surface area (Å²) in [6.45, 7) is 3.78. The van der Waals surface area contributed by atoms with E-state index < -0.39 is 17.0 Å². The first-order valence-electron chi connectivity index (χ1n) is 6.18. The summed E-state index contributed by atoms with van der Waals surface area (Å²) < 4.78 is 9.72. The first kappa shape index (κ1) is 16.4. The second kappa shape index (κ2) is 7.78. The monoisotopic (exact) mass is 293 g/mol. The summed E-state index contributed by atoms with van der Waals surface area (Å²) in [5, 5.41) is 10.6. The number of esters is 1. The highest BCUT2D eigenvalue weighted by molar-refractivity contribution is 5.83. The van der Waals surface area contributed by atoms with Crippen molar-refractivity contribution in [1.29, 1.82) is 0 Å². The lowest BCUT2D eigenvalue weighted by molar-refractivity contribution is -0.384. The van der Waals surface area contributed by atoms with Crippen molar-refractivity contribution < 1.29 is 24.0 Å². The molecule has 1 aromatic carbocycles. The molecule has 1 atom stereocenters. The number of rotatable bonds is 7. The van der Waals surface area contributed by atoms with Crippen LogP contribution in [0.4, 0.5) is 5.69 Å². The number of benzene rings is 1. The molecule has 0 aliphatic heterocycles. The van der Waals surface area contributed by atoms with Gasteiger partial charge in [-0.05, 0) is 37.1 Å². The quantitative estimate of drug-likeness (QED) is 0.252. The predicted molar refractivity (Wildman–Crippen MR) is 73.4 cm³/mol. The minimum Gasteiger partial charge on any atom is -0.463 e. The van der Waals surface area contributed by atoms with Crippen molar-refractivity contribution in [2.45, 2.75) is 20.0 Å². The van der Waals surface area contributed by atoms with Gasteiger partial charge >= 0.3 is 5.97 Å². The fraction of sp³-hybridized carbons (Fsp3) is 0.286. The molecule has 0 aliphatic carbocycles. The Kier molecular flexibility index (Phi) is 6.06. The number of carbonyl (C=O) groups excluding carboxylic acids is 2. The molecule has 0 heterocycles. The summed E-state index contributed by atoms with van der Waals surface area (Å²) in [6, 6.07) is 5.53. The van der Waals surface area contributed by atoms with Gasteiger partial charge in [-0.25, -0.2) is 4.79 Å². The fourth-order valence-corrected chi connectivity index (χ4v) is 1.72. The molecule has 0 amide bonds. The van der Waals surface area contributed by atoms with Crippen LogP contribution >= 0.6 is 0 Å². The molecule has 0 aromatic heterocycles. The van der Waals surface area contributed by atoms with Gasteiger partial charge in [0, 0.05) is 18.2 Å². The van der Waals surface area contributed by atoms with Gasteiger partial charge < -0.3 is 9.47 Å². The molecule has 7 nitrogen and oxygen atoms in total. The molecule has 0 spiro atoms. The molecule has 0 fully saturated rings. The predicted octanol–water partition coefficient (Wildman–Crippen LogP) is 2.32. The summed E-state index contributed by atoms with van der Waals surface area (Å²) in [6.07, 6.45) is 0.423. The number of carbonyl (C=O) groups is 2. The van der Waals surface area contributed by atoms with Gasteiger partial charge in [-0.1, -0.05) is 0 Å². The third-order valence-electron chi connectivity index (χ3n) is 2.64. The van der Waals surface area contributed by atoms with Crippen LogP contribution in [0.5, 0.6) is 0 Å². The molecule has 0 saturated heterocycles. The number of ether oxygens (including phenoxy) is 2. The number of nitrogens with zero attached hydrogens (tertiary/aromatic N) is 1. The average Bonchev–Trinajstić information content (AvgIpc) is 2.45. The van der Waals surface area contributed by atoms with Crippen molar-refractivity contribution in [3.8, 4) is 0 Å². The van der Waals surface area contributed by atoms with E-state index in [1.165, 1.54) is 30.3 Å². The number of nitro benzene ring substituents is 1. The van der Waals surface area contributed by atoms with Crippen LogP contribution in [0.1, 0.15) is 25.5 Å². The van der Waals surface area contributed by atoms with Crippen molar-refractivity contribution in [3.05, 3.63) is 51.6 Å². The highest BCUT2D eigenvalue weighted by Gasteiger charge is 2.17. The van der Waals surface area contributed by atoms with Crippen molar-refractivity contribution >= 4 is 18.1 Å². The van der Waals surface area contributed by atoms with Crippen molar-refractivity contribution in [3.63, 3.8) is 0 Å². The summed E-state index contributed by atoms with van der Waals surface area (Å²) >= 11 is 0. The van der Waals surface area contributed by atoms with Gasteiger partial charge in [0.05, 0.1) is 11.5 Å². The zero-order valence-corrected chi connectivity index (χ0v) is 11.6. The molecule has 1 rings (SSSR count). The number of hydrogen-bond acceptors (Lipinski definition) is 6. The van der Waals surface area contributed by atoms with Crippen molar-refractivity contribution in [2.75, 3.05) is 6.61 Å². The maximum absolute atomic E-state index is 11.4. The Morgan fingerprint density at radius 3 is 2.48 bits per heavy atom. The van der Waals surface area contributed by atoms with Crippen LogP contribution in [0, 0.1) is 10.1 Å². The third-order valence-corrected chi connectivity index (χ3v) is 2.64. The zero-order valence-electron chi connectivity index (χ0n) is 11.6. The molecule has 1 unspecified atom stereocenters. The van der Waals surface area contributed by atoms with Gasteiger partial charge in [-0.2, -0.15) is 0 Å². The number of hydrogen-bond donors (Lipinski definition) is 0. The topological polar surface area (TPSA) is 95.7 Å². The molecule has 21 heavy (non-hydrogen) atoms. The minimum atomic E-state index is -0.798. The van der Waals surface area contributed by atoms with Crippen molar-refractivity contribution in [1.82, 2.24) is 0 Å². The minimum absolute atomic E-state index is 0.0735. The molecule has 0 saturated carbocycles. The Bertz CT molecular complexity index is 549.